The summed E-state index contributed by atoms with van der Waals surface area (Å²) in [6, 6.07) is 43.9. The van der Waals surface area contributed by atoms with Crippen LogP contribution in [0.5, 0.6) is 0 Å². The van der Waals surface area contributed by atoms with E-state index in [1.165, 1.54) is 22.3 Å². The number of aryl methyl sites for hydroxylation is 6. The summed E-state index contributed by atoms with van der Waals surface area (Å²) in [5.74, 6) is 0. The van der Waals surface area contributed by atoms with Crippen molar-refractivity contribution in [3.8, 4) is 23.1 Å². The maximum atomic E-state index is 11.5. The number of hydrogen-bond donors (Lipinski definition) is 0. The number of rotatable bonds is 3. The molecule has 5 heteroatoms. The van der Waals surface area contributed by atoms with E-state index in [0.717, 1.165) is 87.9 Å². The second-order valence-corrected chi connectivity index (χ2v) is 15.3. The summed E-state index contributed by atoms with van der Waals surface area (Å²) in [4.78, 5) is 4.41. The number of fused-ring (bicyclic) bond motifs is 9. The number of aromatic nitrogens is 3. The van der Waals surface area contributed by atoms with Crippen LogP contribution in [0.1, 0.15) is 38.9 Å². The number of hydrogen-bond acceptors (Lipinski definition) is 1. The van der Waals surface area contributed by atoms with Crippen molar-refractivity contribution in [3.63, 3.8) is 0 Å². The van der Waals surface area contributed by atoms with Gasteiger partial charge in [0.1, 0.15) is 6.07 Å². The molecule has 0 fully saturated rings. The monoisotopic (exact) mass is 707 g/mol. The summed E-state index contributed by atoms with van der Waals surface area (Å²) in [5, 5.41) is 18.2. The minimum Gasteiger partial charge on any atom is -0.319 e. The van der Waals surface area contributed by atoms with E-state index < -0.39 is 0 Å². The molecular formula is C50H37N5. The Morgan fingerprint density at radius 2 is 0.709 bits per heavy atom. The Morgan fingerprint density at radius 1 is 0.418 bits per heavy atom. The van der Waals surface area contributed by atoms with Crippen LogP contribution in [0.3, 0.4) is 0 Å². The van der Waals surface area contributed by atoms with Gasteiger partial charge in [0, 0.05) is 32.3 Å². The van der Waals surface area contributed by atoms with Crippen LogP contribution < -0.4 is 0 Å². The van der Waals surface area contributed by atoms with Gasteiger partial charge in [0.15, 0.2) is 0 Å². The number of nitrogens with zero attached hydrogens (tertiary/aromatic N) is 5. The highest BCUT2D eigenvalue weighted by molar-refractivity contribution is 6.14. The molecule has 0 radical (unpaired) electrons. The Morgan fingerprint density at radius 3 is 1.00 bits per heavy atom. The largest absolute Gasteiger partial charge is 0.319 e. The molecule has 0 aliphatic carbocycles. The molecule has 0 saturated heterocycles. The number of benzene rings is 7. The third kappa shape index (κ3) is 4.64. The minimum absolute atomic E-state index is 0.424. The summed E-state index contributed by atoms with van der Waals surface area (Å²) in [6.07, 6.45) is 0. The normalized spacial score (nSPS) is 11.8. The molecule has 0 unspecified atom stereocenters. The van der Waals surface area contributed by atoms with Crippen molar-refractivity contribution in [2.75, 3.05) is 0 Å². The van der Waals surface area contributed by atoms with Gasteiger partial charge in [0.25, 0.3) is 0 Å². The Bertz CT molecular complexity index is 3070. The average Bonchev–Trinajstić information content (AvgIpc) is 3.77. The van der Waals surface area contributed by atoms with Gasteiger partial charge in [-0.05, 0) is 120 Å². The third-order valence-electron chi connectivity index (χ3n) is 11.4. The lowest BCUT2D eigenvalue weighted by Gasteiger charge is -2.22. The van der Waals surface area contributed by atoms with Crippen molar-refractivity contribution < 1.29 is 0 Å². The maximum Gasteiger partial charge on any atom is 0.235 e. The van der Waals surface area contributed by atoms with Gasteiger partial charge in [-0.25, -0.2) is 4.85 Å². The molecule has 0 saturated carbocycles. The van der Waals surface area contributed by atoms with Crippen molar-refractivity contribution in [1.29, 1.82) is 5.26 Å². The first-order chi connectivity index (χ1) is 26.6. The highest BCUT2D eigenvalue weighted by Crippen LogP contribution is 2.47. The molecule has 5 nitrogen and oxygen atoms in total. The summed E-state index contributed by atoms with van der Waals surface area (Å²) < 4.78 is 6.66. The lowest BCUT2D eigenvalue weighted by atomic mass is 10.0. The molecule has 0 N–H and O–H groups in total. The van der Waals surface area contributed by atoms with Gasteiger partial charge in [-0.2, -0.15) is 5.26 Å². The van der Waals surface area contributed by atoms with Gasteiger partial charge in [0.05, 0.1) is 62.3 Å². The molecule has 7 aromatic carbocycles. The molecular weight excluding hydrogens is 671 g/mol. The van der Waals surface area contributed by atoms with Crippen molar-refractivity contribution >= 4 is 71.1 Å². The summed E-state index contributed by atoms with van der Waals surface area (Å²) in [6.45, 7) is 21.7. The zero-order valence-electron chi connectivity index (χ0n) is 31.7. The van der Waals surface area contributed by atoms with E-state index in [4.69, 9.17) is 6.57 Å². The van der Waals surface area contributed by atoms with Crippen molar-refractivity contribution in [2.45, 2.75) is 41.5 Å². The molecule has 3 aromatic heterocycles. The molecule has 0 spiro atoms. The molecule has 10 aromatic rings. The molecule has 3 heterocycles. The quantitative estimate of drug-likeness (QED) is 0.169. The summed E-state index contributed by atoms with van der Waals surface area (Å²) in [7, 11) is 0. The predicted molar refractivity (Wildman–Crippen MR) is 229 cm³/mol. The molecule has 262 valence electrons. The predicted octanol–water partition coefficient (Wildman–Crippen LogP) is 13.3. The molecule has 0 amide bonds. The summed E-state index contributed by atoms with van der Waals surface area (Å²) >= 11 is 0. The molecule has 0 bridgehead atoms. The smallest absolute Gasteiger partial charge is 0.235 e. The van der Waals surface area contributed by atoms with Gasteiger partial charge in [-0.1, -0.05) is 69.8 Å². The Balaban J connectivity index is 1.48. The average molecular weight is 708 g/mol. The van der Waals surface area contributed by atoms with Crippen molar-refractivity contribution in [3.05, 3.63) is 166 Å². The fourth-order valence-electron chi connectivity index (χ4n) is 8.93. The first-order valence-electron chi connectivity index (χ1n) is 18.7. The second kappa shape index (κ2) is 11.7. The fourth-order valence-corrected chi connectivity index (χ4v) is 8.93. The maximum absolute atomic E-state index is 11.5. The van der Waals surface area contributed by atoms with Crippen LogP contribution in [0.2, 0.25) is 0 Å². The van der Waals surface area contributed by atoms with Crippen LogP contribution in [-0.4, -0.2) is 13.7 Å². The van der Waals surface area contributed by atoms with Gasteiger partial charge in [0.2, 0.25) is 5.69 Å². The van der Waals surface area contributed by atoms with Crippen LogP contribution in [0, 0.1) is 59.4 Å². The van der Waals surface area contributed by atoms with E-state index in [1.807, 2.05) is 0 Å². The van der Waals surface area contributed by atoms with Crippen LogP contribution in [-0.2, 0) is 0 Å². The van der Waals surface area contributed by atoms with E-state index in [0.29, 0.717) is 16.9 Å². The first-order valence-corrected chi connectivity index (χ1v) is 18.7. The van der Waals surface area contributed by atoms with Gasteiger partial charge in [-0.3, -0.25) is 0 Å². The van der Waals surface area contributed by atoms with Gasteiger partial charge >= 0.3 is 0 Å². The zero-order chi connectivity index (χ0) is 37.9. The lowest BCUT2D eigenvalue weighted by molar-refractivity contribution is 1.09. The first kappa shape index (κ1) is 32.6. The second-order valence-electron chi connectivity index (χ2n) is 15.3. The Labute approximate surface area is 319 Å². The van der Waals surface area contributed by atoms with E-state index in [2.05, 4.69) is 181 Å². The molecule has 0 aliphatic rings. The van der Waals surface area contributed by atoms with Gasteiger partial charge in [-0.15, -0.1) is 0 Å². The van der Waals surface area contributed by atoms with Crippen molar-refractivity contribution in [1.82, 2.24) is 13.7 Å². The standard InChI is InChI=1S/C50H37N5/c1-28-8-14-41-34(20-28)35-21-29(2)9-15-42(35)53(41)47-26-48(54-43-16-10-30(3)22-36(43)37-23-31(4)11-17-44(37)54)49(52-7)50(40(47)27-51)55-45-18-12-32(5)24-38(45)39-25-33(6)13-19-46(39)55/h8-26H,1-6H3. The molecule has 0 atom stereocenters. The molecule has 0 aliphatic heterocycles. The SMILES string of the molecule is [C-]#[N+]c1c(-n2c3ccc(C)cc3c3cc(C)ccc32)cc(-n2c3ccc(C)cc3c3cc(C)ccc32)c(C#N)c1-n1c2ccc(C)cc2c2cc(C)ccc21. The van der Waals surface area contributed by atoms with E-state index >= 15 is 0 Å². The molecule has 10 rings (SSSR count). The number of nitriles is 1. The Hall–Kier alpha value is -7.08. The van der Waals surface area contributed by atoms with Gasteiger partial charge < -0.3 is 13.7 Å². The van der Waals surface area contributed by atoms with E-state index in [-0.39, 0.29) is 0 Å². The highest BCUT2D eigenvalue weighted by atomic mass is 15.1. The third-order valence-corrected chi connectivity index (χ3v) is 11.4. The minimum atomic E-state index is 0.424. The van der Waals surface area contributed by atoms with Crippen molar-refractivity contribution in [2.24, 2.45) is 0 Å². The Kier molecular flexibility index (Phi) is 6.93. The zero-order valence-corrected chi connectivity index (χ0v) is 31.7. The summed E-state index contributed by atoms with van der Waals surface area (Å²) in [5.41, 5.74) is 15.9. The van der Waals surface area contributed by atoms with E-state index in [1.54, 1.807) is 0 Å². The van der Waals surface area contributed by atoms with Crippen LogP contribution in [0.25, 0.3) is 87.3 Å². The van der Waals surface area contributed by atoms with Crippen LogP contribution in [0.4, 0.5) is 5.69 Å². The lowest BCUT2D eigenvalue weighted by Crippen LogP contribution is -2.08. The van der Waals surface area contributed by atoms with Crippen LogP contribution >= 0.6 is 0 Å². The van der Waals surface area contributed by atoms with Crippen LogP contribution in [0.15, 0.2) is 115 Å². The fraction of sp³-hybridized carbons (Fsp3) is 0.120. The molecule has 55 heavy (non-hydrogen) atoms. The topological polar surface area (TPSA) is 42.9 Å². The highest BCUT2D eigenvalue weighted by Gasteiger charge is 2.28. The van der Waals surface area contributed by atoms with E-state index in [9.17, 15) is 5.26 Å².